The zero-order valence-electron chi connectivity index (χ0n) is 16.1. The van der Waals surface area contributed by atoms with Crippen LogP contribution in [0.2, 0.25) is 0 Å². The van der Waals surface area contributed by atoms with Crippen LogP contribution in [0.4, 0.5) is 11.4 Å². The van der Waals surface area contributed by atoms with E-state index in [0.717, 1.165) is 16.8 Å². The van der Waals surface area contributed by atoms with Gasteiger partial charge in [-0.2, -0.15) is 0 Å². The lowest BCUT2D eigenvalue weighted by Crippen LogP contribution is -2.35. The average molecular weight is 339 g/mol. The summed E-state index contributed by atoms with van der Waals surface area (Å²) < 4.78 is 0. The summed E-state index contributed by atoms with van der Waals surface area (Å²) in [7, 11) is 1.83. The van der Waals surface area contributed by atoms with Gasteiger partial charge in [-0.25, -0.2) is 0 Å². The molecule has 3 rings (SSSR count). The van der Waals surface area contributed by atoms with E-state index in [0.29, 0.717) is 5.69 Å². The van der Waals surface area contributed by atoms with Gasteiger partial charge in [-0.1, -0.05) is 44.2 Å². The highest BCUT2D eigenvalue weighted by Gasteiger charge is 2.41. The van der Waals surface area contributed by atoms with E-state index in [2.05, 4.69) is 24.4 Å². The van der Waals surface area contributed by atoms with Crippen molar-refractivity contribution in [2.75, 3.05) is 18.1 Å². The fourth-order valence-corrected chi connectivity index (χ4v) is 3.10. The molecule has 0 bridgehead atoms. The maximum absolute atomic E-state index is 12.5. The Balaban J connectivity index is 0.00000109. The predicted molar refractivity (Wildman–Crippen MR) is 106 cm³/mol. The third-order valence-corrected chi connectivity index (χ3v) is 4.89. The Labute approximate surface area is 151 Å². The summed E-state index contributed by atoms with van der Waals surface area (Å²) in [5, 5.41) is 3.42. The van der Waals surface area contributed by atoms with Crippen molar-refractivity contribution in [3.8, 4) is 0 Å². The largest absolute Gasteiger partial charge is 0.397 e. The minimum Gasteiger partial charge on any atom is -0.397 e. The van der Waals surface area contributed by atoms with E-state index in [4.69, 9.17) is 5.73 Å². The highest BCUT2D eigenvalue weighted by atomic mass is 16.2. The van der Waals surface area contributed by atoms with E-state index < -0.39 is 0 Å². The Bertz CT molecular complexity index is 753. The standard InChI is InChI=1S/C19H23N3O.C2H6/c1-12(13-8-6-5-7-9-13)21-17-10-14-15(11-16(17)20)19(2,3)22(4)18(14)23;1-2/h5-12,21H,20H2,1-4H3;1-2H3/t12-;/m0./s1. The van der Waals surface area contributed by atoms with E-state index in [1.165, 1.54) is 5.56 Å². The van der Waals surface area contributed by atoms with Gasteiger partial charge < -0.3 is 16.0 Å². The number of carbonyl (C=O) groups excluding carboxylic acids is 1. The van der Waals surface area contributed by atoms with Crippen molar-refractivity contribution in [1.82, 2.24) is 4.90 Å². The molecule has 0 fully saturated rings. The van der Waals surface area contributed by atoms with Crippen molar-refractivity contribution >= 4 is 17.3 Å². The van der Waals surface area contributed by atoms with Crippen molar-refractivity contribution in [2.45, 2.75) is 46.2 Å². The molecule has 4 nitrogen and oxygen atoms in total. The van der Waals surface area contributed by atoms with E-state index in [1.54, 1.807) is 4.90 Å². The molecule has 1 aliphatic rings. The number of rotatable bonds is 3. The molecule has 2 aromatic rings. The smallest absolute Gasteiger partial charge is 0.254 e. The zero-order valence-corrected chi connectivity index (χ0v) is 16.1. The molecule has 25 heavy (non-hydrogen) atoms. The van der Waals surface area contributed by atoms with Gasteiger partial charge in [-0.05, 0) is 44.0 Å². The normalized spacial score (nSPS) is 15.9. The summed E-state index contributed by atoms with van der Waals surface area (Å²) in [4.78, 5) is 14.3. The molecule has 1 aliphatic heterocycles. The van der Waals surface area contributed by atoms with Crippen LogP contribution in [0.3, 0.4) is 0 Å². The van der Waals surface area contributed by atoms with E-state index >= 15 is 0 Å². The van der Waals surface area contributed by atoms with Gasteiger partial charge in [-0.3, -0.25) is 4.79 Å². The summed E-state index contributed by atoms with van der Waals surface area (Å²) in [6, 6.07) is 14.1. The summed E-state index contributed by atoms with van der Waals surface area (Å²) in [6.45, 7) is 10.2. The Kier molecular flexibility index (Phi) is 5.41. The molecule has 0 unspecified atom stereocenters. The first-order valence-electron chi connectivity index (χ1n) is 8.86. The Morgan fingerprint density at radius 2 is 1.72 bits per heavy atom. The summed E-state index contributed by atoms with van der Waals surface area (Å²) in [6.07, 6.45) is 0. The lowest BCUT2D eigenvalue weighted by Gasteiger charge is -2.28. The number of benzene rings is 2. The number of nitrogens with zero attached hydrogens (tertiary/aromatic N) is 1. The fourth-order valence-electron chi connectivity index (χ4n) is 3.10. The first-order valence-corrected chi connectivity index (χ1v) is 8.86. The molecule has 0 saturated carbocycles. The third-order valence-electron chi connectivity index (χ3n) is 4.89. The lowest BCUT2D eigenvalue weighted by atomic mass is 9.93. The second kappa shape index (κ2) is 7.18. The molecule has 134 valence electrons. The van der Waals surface area contributed by atoms with Crippen LogP contribution in [0.1, 0.15) is 62.1 Å². The molecule has 3 N–H and O–H groups in total. The molecule has 1 heterocycles. The van der Waals surface area contributed by atoms with E-state index in [-0.39, 0.29) is 17.5 Å². The minimum atomic E-state index is -0.329. The van der Waals surface area contributed by atoms with Gasteiger partial charge in [0.1, 0.15) is 0 Å². The van der Waals surface area contributed by atoms with Crippen LogP contribution < -0.4 is 11.1 Å². The summed E-state index contributed by atoms with van der Waals surface area (Å²) in [5.41, 5.74) is 10.3. The van der Waals surface area contributed by atoms with Crippen LogP contribution in [-0.2, 0) is 5.54 Å². The SMILES string of the molecule is CC.C[C@H](Nc1cc2c(cc1N)C(C)(C)N(C)C2=O)c1ccccc1. The average Bonchev–Trinajstić information content (AvgIpc) is 2.78. The number of anilines is 2. The molecule has 4 heteroatoms. The molecule has 0 radical (unpaired) electrons. The summed E-state index contributed by atoms with van der Waals surface area (Å²) in [5.74, 6) is 0.0421. The highest BCUT2D eigenvalue weighted by Crippen LogP contribution is 2.41. The molecule has 0 spiro atoms. The van der Waals surface area contributed by atoms with Crippen molar-refractivity contribution in [2.24, 2.45) is 0 Å². The molecule has 0 saturated heterocycles. The van der Waals surface area contributed by atoms with Crippen LogP contribution in [-0.4, -0.2) is 17.9 Å². The van der Waals surface area contributed by atoms with Gasteiger partial charge in [0, 0.05) is 18.7 Å². The number of carbonyl (C=O) groups is 1. The van der Waals surface area contributed by atoms with Gasteiger partial charge in [0.15, 0.2) is 0 Å². The zero-order chi connectivity index (χ0) is 18.8. The number of hydrogen-bond donors (Lipinski definition) is 2. The van der Waals surface area contributed by atoms with Crippen molar-refractivity contribution in [3.05, 3.63) is 59.2 Å². The van der Waals surface area contributed by atoms with Crippen LogP contribution in [0.5, 0.6) is 0 Å². The molecular weight excluding hydrogens is 310 g/mol. The predicted octanol–water partition coefficient (Wildman–Crippen LogP) is 4.79. The van der Waals surface area contributed by atoms with Gasteiger partial charge in [-0.15, -0.1) is 0 Å². The quantitative estimate of drug-likeness (QED) is 0.791. The molecule has 0 aliphatic carbocycles. The maximum Gasteiger partial charge on any atom is 0.254 e. The number of nitrogens with one attached hydrogen (secondary N) is 1. The maximum atomic E-state index is 12.5. The highest BCUT2D eigenvalue weighted by molar-refractivity contribution is 6.01. The molecular formula is C21H29N3O. The Hall–Kier alpha value is -2.49. The van der Waals surface area contributed by atoms with Crippen molar-refractivity contribution in [1.29, 1.82) is 0 Å². The number of nitrogens with two attached hydrogens (primary N) is 1. The molecule has 1 atom stereocenters. The van der Waals surface area contributed by atoms with Crippen molar-refractivity contribution in [3.63, 3.8) is 0 Å². The topological polar surface area (TPSA) is 58.4 Å². The van der Waals surface area contributed by atoms with Gasteiger partial charge in [0.2, 0.25) is 0 Å². The van der Waals surface area contributed by atoms with Gasteiger partial charge in [0.05, 0.1) is 16.9 Å². The first kappa shape index (κ1) is 18.8. The number of nitrogen functional groups attached to an aromatic ring is 1. The first-order chi connectivity index (χ1) is 11.8. The minimum absolute atomic E-state index is 0.0421. The summed E-state index contributed by atoms with van der Waals surface area (Å²) >= 11 is 0. The molecule has 1 amide bonds. The van der Waals surface area contributed by atoms with Crippen LogP contribution in [0.15, 0.2) is 42.5 Å². The lowest BCUT2D eigenvalue weighted by molar-refractivity contribution is 0.0691. The second-order valence-corrected chi connectivity index (χ2v) is 6.68. The van der Waals surface area contributed by atoms with Crippen LogP contribution >= 0.6 is 0 Å². The monoisotopic (exact) mass is 339 g/mol. The fraction of sp³-hybridized carbons (Fsp3) is 0.381. The van der Waals surface area contributed by atoms with Crippen LogP contribution in [0.25, 0.3) is 0 Å². The van der Waals surface area contributed by atoms with E-state index in [1.807, 2.05) is 65.1 Å². The molecule has 2 aromatic carbocycles. The number of hydrogen-bond acceptors (Lipinski definition) is 3. The Morgan fingerprint density at radius 1 is 1.12 bits per heavy atom. The number of amides is 1. The van der Waals surface area contributed by atoms with Gasteiger partial charge >= 0.3 is 0 Å². The van der Waals surface area contributed by atoms with Gasteiger partial charge in [0.25, 0.3) is 5.91 Å². The van der Waals surface area contributed by atoms with Crippen LogP contribution in [0, 0.1) is 0 Å². The Morgan fingerprint density at radius 3 is 2.32 bits per heavy atom. The van der Waals surface area contributed by atoms with Crippen molar-refractivity contribution < 1.29 is 4.79 Å². The third kappa shape index (κ3) is 3.34. The van der Waals surface area contributed by atoms with E-state index in [9.17, 15) is 4.79 Å². The second-order valence-electron chi connectivity index (χ2n) is 6.68. The number of fused-ring (bicyclic) bond motifs is 1. The molecule has 0 aromatic heterocycles.